The molecular weight excluding hydrogens is 251 g/mol. The summed E-state index contributed by atoms with van der Waals surface area (Å²) >= 11 is 0. The van der Waals surface area contributed by atoms with E-state index >= 15 is 0 Å². The number of nitro groups is 1. The minimum absolute atomic E-state index is 0.0171. The van der Waals surface area contributed by atoms with E-state index in [1.807, 2.05) is 0 Å². The Kier molecular flexibility index (Phi) is 3.95. The fourth-order valence-electron chi connectivity index (χ4n) is 1.31. The molecule has 0 unspecified atom stereocenters. The Morgan fingerprint density at radius 1 is 1.50 bits per heavy atom. The molecule has 1 radical (unpaired) electrons. The molecule has 0 heterocycles. The van der Waals surface area contributed by atoms with Gasteiger partial charge in [-0.15, -0.1) is 19.8 Å². The van der Waals surface area contributed by atoms with Crippen LogP contribution in [0.15, 0.2) is 30.9 Å². The molecule has 0 saturated carbocycles. The first-order valence-electron chi connectivity index (χ1n) is 4.75. The van der Waals surface area contributed by atoms with Crippen LogP contribution in [0.25, 0.3) is 0 Å². The zero-order chi connectivity index (χ0) is 13.9. The Morgan fingerprint density at radius 3 is 2.56 bits per heavy atom. The van der Waals surface area contributed by atoms with Crippen molar-refractivity contribution in [3.05, 3.63) is 52.4 Å². The first kappa shape index (κ1) is 14.0. The molecule has 1 aromatic carbocycles. The van der Waals surface area contributed by atoms with Gasteiger partial charge in [0.1, 0.15) is 0 Å². The third kappa shape index (κ3) is 3.22. The number of rotatable bonds is 4. The summed E-state index contributed by atoms with van der Waals surface area (Å²) in [6, 6.07) is 3.52. The Morgan fingerprint density at radius 2 is 2.11 bits per heavy atom. The first-order valence-corrected chi connectivity index (χ1v) is 4.75. The van der Waals surface area contributed by atoms with E-state index in [1.54, 1.807) is 0 Å². The van der Waals surface area contributed by atoms with Gasteiger partial charge in [0, 0.05) is 17.5 Å². The Labute approximate surface area is 101 Å². The number of ether oxygens (including phenoxy) is 1. The second kappa shape index (κ2) is 5.07. The van der Waals surface area contributed by atoms with Crippen LogP contribution in [0.5, 0.6) is 5.75 Å². The molecule has 0 aliphatic rings. The van der Waals surface area contributed by atoms with Crippen molar-refractivity contribution in [3.8, 4) is 5.75 Å². The molecule has 7 heteroatoms. The van der Waals surface area contributed by atoms with Crippen LogP contribution in [0, 0.1) is 16.0 Å². The van der Waals surface area contributed by atoms with Crippen LogP contribution >= 0.6 is 0 Å². The van der Waals surface area contributed by atoms with Crippen LogP contribution in [-0.2, 0) is 0 Å². The average molecular weight is 260 g/mol. The number of allylic oxidation sites excluding steroid dienone is 1. The maximum atomic E-state index is 12.3. The second-order valence-corrected chi connectivity index (χ2v) is 3.35. The second-order valence-electron chi connectivity index (χ2n) is 3.35. The summed E-state index contributed by atoms with van der Waals surface area (Å²) in [4.78, 5) is 9.76. The number of benzene rings is 1. The molecule has 0 amide bonds. The molecule has 0 aromatic heterocycles. The maximum Gasteiger partial charge on any atom is 0.573 e. The third-order valence-corrected chi connectivity index (χ3v) is 2.14. The lowest BCUT2D eigenvalue weighted by Gasteiger charge is -2.15. The molecule has 0 aliphatic heterocycles. The molecule has 1 rings (SSSR count). The highest BCUT2D eigenvalue weighted by atomic mass is 19.4. The fraction of sp³-hybridized carbons (Fsp3) is 0.182. The van der Waals surface area contributed by atoms with Crippen molar-refractivity contribution in [2.24, 2.45) is 0 Å². The first-order chi connectivity index (χ1) is 8.26. The van der Waals surface area contributed by atoms with E-state index in [9.17, 15) is 23.3 Å². The van der Waals surface area contributed by atoms with Crippen LogP contribution in [0.1, 0.15) is 12.5 Å². The summed E-state index contributed by atoms with van der Waals surface area (Å²) in [5.74, 6) is -0.481. The predicted molar refractivity (Wildman–Crippen MR) is 58.0 cm³/mol. The smallest absolute Gasteiger partial charge is 0.398 e. The van der Waals surface area contributed by atoms with E-state index in [4.69, 9.17) is 0 Å². The number of para-hydroxylation sites is 1. The van der Waals surface area contributed by atoms with Gasteiger partial charge in [0.25, 0.3) is 0 Å². The molecule has 18 heavy (non-hydrogen) atoms. The molecule has 0 aliphatic carbocycles. The van der Waals surface area contributed by atoms with E-state index < -0.39 is 22.7 Å². The summed E-state index contributed by atoms with van der Waals surface area (Å²) in [6.45, 7) is 4.89. The highest BCUT2D eigenvalue weighted by Gasteiger charge is 2.36. The van der Waals surface area contributed by atoms with Gasteiger partial charge in [0.05, 0.1) is 4.92 Å². The highest BCUT2D eigenvalue weighted by molar-refractivity contribution is 5.57. The van der Waals surface area contributed by atoms with Crippen molar-refractivity contribution in [2.45, 2.75) is 13.3 Å². The van der Waals surface area contributed by atoms with Crippen molar-refractivity contribution >= 4 is 5.69 Å². The van der Waals surface area contributed by atoms with Crippen molar-refractivity contribution in [1.82, 2.24) is 0 Å². The monoisotopic (exact) mass is 260 g/mol. The molecule has 0 atom stereocenters. The largest absolute Gasteiger partial charge is 0.573 e. The molecular formula is C11H9F3NO3. The number of nitrogens with zero attached hydrogens (tertiary/aromatic N) is 1. The van der Waals surface area contributed by atoms with Gasteiger partial charge in [-0.2, -0.15) is 0 Å². The van der Waals surface area contributed by atoms with Gasteiger partial charge in [-0.25, -0.2) is 0 Å². The quantitative estimate of drug-likeness (QED) is 0.613. The summed E-state index contributed by atoms with van der Waals surface area (Å²) in [7, 11) is 0. The third-order valence-electron chi connectivity index (χ3n) is 2.14. The predicted octanol–water partition coefficient (Wildman–Crippen LogP) is 3.62. The number of hydrogen-bond donors (Lipinski definition) is 0. The van der Waals surface area contributed by atoms with Gasteiger partial charge in [-0.05, 0) is 0 Å². The van der Waals surface area contributed by atoms with Crippen LogP contribution in [0.3, 0.4) is 0 Å². The maximum absolute atomic E-state index is 12.3. The van der Waals surface area contributed by atoms with Crippen LogP contribution in [0.2, 0.25) is 0 Å². The van der Waals surface area contributed by atoms with E-state index in [-0.39, 0.29) is 5.56 Å². The molecule has 4 nitrogen and oxygen atoms in total. The van der Waals surface area contributed by atoms with Crippen LogP contribution in [0.4, 0.5) is 18.9 Å². The van der Waals surface area contributed by atoms with Gasteiger partial charge in [0.2, 0.25) is 5.75 Å². The standard InChI is InChI=1S/C11H9F3NO3/c1-3-7(2)8-5-4-6-9(15(16)17)10(8)18-11(12,13)14/h3-6H,1H2,2H3. The molecule has 1 aromatic rings. The normalized spacial score (nSPS) is 11.4. The fourth-order valence-corrected chi connectivity index (χ4v) is 1.31. The van der Waals surface area contributed by atoms with Crippen molar-refractivity contribution < 1.29 is 22.8 Å². The molecule has 0 N–H and O–H groups in total. The summed E-state index contributed by atoms with van der Waals surface area (Å²) in [6.07, 6.45) is -3.70. The summed E-state index contributed by atoms with van der Waals surface area (Å²) in [5.41, 5.74) is -0.762. The van der Waals surface area contributed by atoms with Gasteiger partial charge in [-0.3, -0.25) is 10.1 Å². The van der Waals surface area contributed by atoms with Crippen molar-refractivity contribution in [3.63, 3.8) is 0 Å². The number of alkyl halides is 3. The lowest BCUT2D eigenvalue weighted by molar-refractivity contribution is -0.388. The van der Waals surface area contributed by atoms with E-state index in [1.165, 1.54) is 25.1 Å². The molecule has 0 fully saturated rings. The van der Waals surface area contributed by atoms with Gasteiger partial charge in [0.15, 0.2) is 0 Å². The Bertz CT molecular complexity index is 471. The molecule has 0 spiro atoms. The van der Waals surface area contributed by atoms with Crippen molar-refractivity contribution in [1.29, 1.82) is 0 Å². The minimum atomic E-state index is -5.00. The zero-order valence-corrected chi connectivity index (χ0v) is 9.32. The van der Waals surface area contributed by atoms with Crippen molar-refractivity contribution in [2.75, 3.05) is 0 Å². The van der Waals surface area contributed by atoms with E-state index in [0.717, 1.165) is 6.07 Å². The minimum Gasteiger partial charge on any atom is -0.398 e. The van der Waals surface area contributed by atoms with E-state index in [2.05, 4.69) is 11.3 Å². The van der Waals surface area contributed by atoms with Crippen LogP contribution in [-0.4, -0.2) is 11.3 Å². The molecule has 0 bridgehead atoms. The Hall–Kier alpha value is -2.05. The number of halogens is 3. The van der Waals surface area contributed by atoms with Gasteiger partial charge >= 0.3 is 12.0 Å². The average Bonchev–Trinajstić information content (AvgIpc) is 2.25. The lowest BCUT2D eigenvalue weighted by atomic mass is 9.99. The lowest BCUT2D eigenvalue weighted by Crippen LogP contribution is -2.19. The summed E-state index contributed by atoms with van der Waals surface area (Å²) < 4.78 is 40.5. The van der Waals surface area contributed by atoms with Gasteiger partial charge in [-0.1, -0.05) is 25.1 Å². The zero-order valence-electron chi connectivity index (χ0n) is 9.32. The highest BCUT2D eigenvalue weighted by Crippen LogP contribution is 2.38. The Balaban J connectivity index is 3.38. The van der Waals surface area contributed by atoms with Gasteiger partial charge < -0.3 is 4.74 Å². The topological polar surface area (TPSA) is 52.4 Å². The van der Waals surface area contributed by atoms with Crippen LogP contribution < -0.4 is 4.74 Å². The molecule has 97 valence electrons. The number of hydrogen-bond acceptors (Lipinski definition) is 3. The SMILES string of the molecule is C=C[C](C)c1cccc([N+](=O)[O-])c1OC(F)(F)F. The number of nitro benzene ring substituents is 1. The van der Waals surface area contributed by atoms with E-state index in [0.29, 0.717) is 5.92 Å². The summed E-state index contributed by atoms with van der Waals surface area (Å²) in [5, 5.41) is 10.7. The molecule has 0 saturated heterocycles.